The molecule has 1 N–H and O–H groups in total. The average molecular weight is 693 g/mol. The second kappa shape index (κ2) is 12.0. The molecule has 2 aromatic rings. The number of nitrogens with one attached hydrogen (secondary N) is 1. The molecule has 11 nitrogen and oxygen atoms in total. The van der Waals surface area contributed by atoms with Gasteiger partial charge in [0.2, 0.25) is 5.91 Å². The summed E-state index contributed by atoms with van der Waals surface area (Å²) in [5, 5.41) is 2.68. The van der Waals surface area contributed by atoms with Crippen LogP contribution in [-0.2, 0) is 11.3 Å². The Balaban J connectivity index is 0.850. The lowest BCUT2D eigenvalue weighted by Gasteiger charge is -2.60. The third kappa shape index (κ3) is 5.55. The fourth-order valence-corrected chi connectivity index (χ4v) is 10.5. The lowest BCUT2D eigenvalue weighted by Crippen LogP contribution is -2.63. The third-order valence-corrected chi connectivity index (χ3v) is 12.4. The van der Waals surface area contributed by atoms with Crippen molar-refractivity contribution in [2.24, 2.45) is 10.8 Å². The van der Waals surface area contributed by atoms with Crippen molar-refractivity contribution in [2.45, 2.75) is 84.5 Å². The zero-order chi connectivity index (χ0) is 36.0. The van der Waals surface area contributed by atoms with E-state index in [1.807, 2.05) is 34.1 Å². The molecular formula is C40H48N6O5. The summed E-state index contributed by atoms with van der Waals surface area (Å²) in [6.45, 7) is 17.9. The molecule has 3 saturated heterocycles. The smallest absolute Gasteiger partial charge is 0.262 e. The molecule has 5 amide bonds. The predicted molar refractivity (Wildman–Crippen MR) is 192 cm³/mol. The molecule has 11 heteroatoms. The van der Waals surface area contributed by atoms with Crippen LogP contribution in [0, 0.1) is 10.8 Å². The molecule has 6 aliphatic rings. The minimum absolute atomic E-state index is 0.0280. The number of allylic oxidation sites excluding steroid dienone is 1. The molecule has 1 aliphatic carbocycles. The van der Waals surface area contributed by atoms with Gasteiger partial charge in [-0.25, -0.2) is 0 Å². The van der Waals surface area contributed by atoms with E-state index >= 15 is 0 Å². The summed E-state index contributed by atoms with van der Waals surface area (Å²) >= 11 is 0. The fraction of sp³-hybridized carbons (Fsp3) is 0.525. The molecule has 1 saturated carbocycles. The Hall–Kier alpha value is -4.51. The lowest BCUT2D eigenvalue weighted by molar-refractivity contribution is -0.125. The summed E-state index contributed by atoms with van der Waals surface area (Å²) in [6.07, 6.45) is 3.91. The number of piperidine rings is 2. The van der Waals surface area contributed by atoms with Gasteiger partial charge in [0.1, 0.15) is 6.04 Å². The summed E-state index contributed by atoms with van der Waals surface area (Å²) in [5.74, 6) is -1.08. The van der Waals surface area contributed by atoms with Gasteiger partial charge in [0.15, 0.2) is 0 Å². The van der Waals surface area contributed by atoms with E-state index in [0.717, 1.165) is 67.2 Å². The number of carbonyl (C=O) groups is 5. The van der Waals surface area contributed by atoms with Crippen molar-refractivity contribution in [2.75, 3.05) is 44.2 Å². The quantitative estimate of drug-likeness (QED) is 0.466. The number of carbonyl (C=O) groups excluding carboxylic acids is 5. The molecule has 268 valence electrons. The van der Waals surface area contributed by atoms with Crippen molar-refractivity contribution in [3.63, 3.8) is 0 Å². The van der Waals surface area contributed by atoms with Gasteiger partial charge in [0.05, 0.1) is 11.1 Å². The molecule has 5 heterocycles. The Morgan fingerprint density at radius 2 is 1.45 bits per heavy atom. The molecule has 2 aromatic carbocycles. The van der Waals surface area contributed by atoms with E-state index in [4.69, 9.17) is 0 Å². The van der Waals surface area contributed by atoms with Gasteiger partial charge in [-0.2, -0.15) is 0 Å². The molecule has 1 atom stereocenters. The summed E-state index contributed by atoms with van der Waals surface area (Å²) < 4.78 is 0. The number of hydrogen-bond acceptors (Lipinski definition) is 7. The van der Waals surface area contributed by atoms with Crippen molar-refractivity contribution in [1.29, 1.82) is 0 Å². The molecular weight excluding hydrogens is 644 g/mol. The number of imide groups is 1. The van der Waals surface area contributed by atoms with Crippen molar-refractivity contribution >= 4 is 35.2 Å². The van der Waals surface area contributed by atoms with Gasteiger partial charge in [0.25, 0.3) is 23.6 Å². The Bertz CT molecular complexity index is 1850. The van der Waals surface area contributed by atoms with Crippen LogP contribution in [0.3, 0.4) is 0 Å². The van der Waals surface area contributed by atoms with Crippen LogP contribution in [0.1, 0.15) is 107 Å². The summed E-state index contributed by atoms with van der Waals surface area (Å²) in [5.41, 5.74) is 4.71. The fourth-order valence-electron chi connectivity index (χ4n) is 10.5. The van der Waals surface area contributed by atoms with Crippen LogP contribution in [0.2, 0.25) is 0 Å². The second-order valence-corrected chi connectivity index (χ2v) is 16.8. The van der Waals surface area contributed by atoms with E-state index in [2.05, 4.69) is 49.4 Å². The summed E-state index contributed by atoms with van der Waals surface area (Å²) in [7, 11) is 0. The standard InChI is InChI=1S/C40H48N6O5/c1-24-6-11-32(33(47)41-24)46-36(50)30-10-8-28(21-31(30)37(46)51)42-14-12-27(13-15-42)43-16-18-44(19-17-43)34(48)25-7-9-29-26(20-25)22-45(35(29)49)38-39(2,3)23-40(38,4)5/h7-10,20-21,27,32,38H,1,6,11-19,22-23H2,2-5H3,(H,41,47). The first-order valence-corrected chi connectivity index (χ1v) is 18.5. The maximum Gasteiger partial charge on any atom is 0.262 e. The maximum absolute atomic E-state index is 13.6. The first-order valence-electron chi connectivity index (χ1n) is 18.5. The largest absolute Gasteiger partial charge is 0.371 e. The van der Waals surface area contributed by atoms with Gasteiger partial charge in [-0.1, -0.05) is 34.3 Å². The molecule has 8 rings (SSSR count). The third-order valence-electron chi connectivity index (χ3n) is 12.4. The summed E-state index contributed by atoms with van der Waals surface area (Å²) in [4.78, 5) is 76.0. The van der Waals surface area contributed by atoms with Gasteiger partial charge in [-0.3, -0.25) is 33.8 Å². The Labute approximate surface area is 299 Å². The van der Waals surface area contributed by atoms with Crippen molar-refractivity contribution in [3.05, 3.63) is 76.5 Å². The number of anilines is 1. The highest BCUT2D eigenvalue weighted by molar-refractivity contribution is 6.23. The molecule has 0 radical (unpaired) electrons. The monoisotopic (exact) mass is 692 g/mol. The van der Waals surface area contributed by atoms with E-state index in [1.54, 1.807) is 12.1 Å². The molecule has 0 aromatic heterocycles. The van der Waals surface area contributed by atoms with Crippen LogP contribution in [0.15, 0.2) is 48.7 Å². The zero-order valence-electron chi connectivity index (χ0n) is 30.2. The molecule has 0 bridgehead atoms. The van der Waals surface area contributed by atoms with Crippen LogP contribution in [0.5, 0.6) is 0 Å². The SMILES string of the molecule is C=C1CCC(N2C(=O)c3ccc(N4CCC(N5CCN(C(=O)c6ccc7c(c6)CN(C6C(C)(C)CC6(C)C)C7=O)CC5)CC4)cc3C2=O)C(=O)N1. The van der Waals surface area contributed by atoms with Gasteiger partial charge >= 0.3 is 0 Å². The van der Waals surface area contributed by atoms with Crippen LogP contribution in [0.25, 0.3) is 0 Å². The first kappa shape index (κ1) is 33.6. The molecule has 4 fully saturated rings. The second-order valence-electron chi connectivity index (χ2n) is 16.8. The van der Waals surface area contributed by atoms with Gasteiger partial charge < -0.3 is 20.0 Å². The Morgan fingerprint density at radius 1 is 0.784 bits per heavy atom. The molecule has 51 heavy (non-hydrogen) atoms. The maximum atomic E-state index is 13.6. The summed E-state index contributed by atoms with van der Waals surface area (Å²) in [6, 6.07) is 10.8. The number of benzene rings is 2. The number of hydrogen-bond donors (Lipinski definition) is 1. The van der Waals surface area contributed by atoms with Gasteiger partial charge in [-0.15, -0.1) is 0 Å². The number of nitrogens with zero attached hydrogens (tertiary/aromatic N) is 5. The number of amides is 5. The number of fused-ring (bicyclic) bond motifs is 2. The van der Waals surface area contributed by atoms with Crippen LogP contribution in [-0.4, -0.2) is 107 Å². The van der Waals surface area contributed by atoms with E-state index in [0.29, 0.717) is 60.9 Å². The molecule has 5 aliphatic heterocycles. The van der Waals surface area contributed by atoms with E-state index in [-0.39, 0.29) is 34.6 Å². The topological polar surface area (TPSA) is 114 Å². The van der Waals surface area contributed by atoms with Crippen molar-refractivity contribution < 1.29 is 24.0 Å². The van der Waals surface area contributed by atoms with Crippen LogP contribution in [0.4, 0.5) is 5.69 Å². The van der Waals surface area contributed by atoms with Crippen LogP contribution >= 0.6 is 0 Å². The van der Waals surface area contributed by atoms with E-state index < -0.39 is 17.9 Å². The highest BCUT2D eigenvalue weighted by atomic mass is 16.2. The van der Waals surface area contributed by atoms with Crippen molar-refractivity contribution in [3.8, 4) is 0 Å². The van der Waals surface area contributed by atoms with E-state index in [1.165, 1.54) is 0 Å². The van der Waals surface area contributed by atoms with Gasteiger partial charge in [-0.05, 0) is 84.9 Å². The normalized spacial score (nSPS) is 25.3. The Morgan fingerprint density at radius 3 is 2.12 bits per heavy atom. The average Bonchev–Trinajstić information content (AvgIpc) is 3.54. The zero-order valence-corrected chi connectivity index (χ0v) is 30.2. The molecule has 0 spiro atoms. The minimum atomic E-state index is -0.819. The van der Waals surface area contributed by atoms with Crippen molar-refractivity contribution in [1.82, 2.24) is 24.9 Å². The first-order chi connectivity index (χ1) is 24.2. The van der Waals surface area contributed by atoms with Gasteiger partial charge in [0, 0.05) is 80.4 Å². The predicted octanol–water partition coefficient (Wildman–Crippen LogP) is 4.28. The number of piperazine rings is 1. The van der Waals surface area contributed by atoms with Crippen LogP contribution < -0.4 is 10.2 Å². The number of rotatable bonds is 5. The highest BCUT2D eigenvalue weighted by Gasteiger charge is 2.57. The Kier molecular flexibility index (Phi) is 7.94. The highest BCUT2D eigenvalue weighted by Crippen LogP contribution is 2.57. The molecule has 1 unspecified atom stereocenters. The lowest BCUT2D eigenvalue weighted by atomic mass is 9.51. The van der Waals surface area contributed by atoms with E-state index in [9.17, 15) is 24.0 Å². The minimum Gasteiger partial charge on any atom is -0.371 e.